The standard InChI is InChI=1S/C12H9BrClNO3S/c1-2-15-11(17)9(19-12(15)18)5-6-3-7(13)10(16)8(14)4-6/h3-5,16H,2H2,1H3/b9-5+. The number of phenolic OH excluding ortho intramolecular Hbond substituents is 1. The number of hydrogen-bond donors (Lipinski definition) is 1. The first-order valence-electron chi connectivity index (χ1n) is 5.37. The Kier molecular flexibility index (Phi) is 4.23. The zero-order valence-electron chi connectivity index (χ0n) is 9.81. The minimum absolute atomic E-state index is 0.0551. The maximum absolute atomic E-state index is 11.9. The van der Waals surface area contributed by atoms with E-state index in [9.17, 15) is 14.7 Å². The number of thioether (sulfide) groups is 1. The maximum Gasteiger partial charge on any atom is 0.293 e. The fourth-order valence-electron chi connectivity index (χ4n) is 1.59. The monoisotopic (exact) mass is 361 g/mol. The van der Waals surface area contributed by atoms with Crippen LogP contribution in [0.2, 0.25) is 5.02 Å². The number of benzene rings is 1. The summed E-state index contributed by atoms with van der Waals surface area (Å²) in [6.07, 6.45) is 1.58. The van der Waals surface area contributed by atoms with E-state index in [1.807, 2.05) is 0 Å². The van der Waals surface area contributed by atoms with Gasteiger partial charge in [-0.25, -0.2) is 0 Å². The van der Waals surface area contributed by atoms with Crippen LogP contribution in [0.3, 0.4) is 0 Å². The zero-order valence-corrected chi connectivity index (χ0v) is 13.0. The lowest BCUT2D eigenvalue weighted by Crippen LogP contribution is -2.27. The summed E-state index contributed by atoms with van der Waals surface area (Å²) in [6.45, 7) is 2.09. The highest BCUT2D eigenvalue weighted by molar-refractivity contribution is 9.10. The van der Waals surface area contributed by atoms with E-state index in [0.717, 1.165) is 11.8 Å². The number of amides is 2. The van der Waals surface area contributed by atoms with Crippen molar-refractivity contribution in [2.75, 3.05) is 6.54 Å². The lowest BCUT2D eigenvalue weighted by molar-refractivity contribution is -0.122. The number of hydrogen-bond acceptors (Lipinski definition) is 4. The summed E-state index contributed by atoms with van der Waals surface area (Å²) >= 11 is 9.91. The van der Waals surface area contributed by atoms with Gasteiger partial charge in [-0.15, -0.1) is 0 Å². The quantitative estimate of drug-likeness (QED) is 0.812. The molecule has 19 heavy (non-hydrogen) atoms. The SMILES string of the molecule is CCN1C(=O)S/C(=C/c2cc(Cl)c(O)c(Br)c2)C1=O. The second-order valence-corrected chi connectivity index (χ2v) is 6.01. The largest absolute Gasteiger partial charge is 0.505 e. The highest BCUT2D eigenvalue weighted by Crippen LogP contribution is 2.36. The average Bonchev–Trinajstić information content (AvgIpc) is 2.61. The predicted molar refractivity (Wildman–Crippen MR) is 79.2 cm³/mol. The molecule has 4 nitrogen and oxygen atoms in total. The van der Waals surface area contributed by atoms with Gasteiger partial charge in [0.2, 0.25) is 0 Å². The number of nitrogens with zero attached hydrogens (tertiary/aromatic N) is 1. The van der Waals surface area contributed by atoms with Crippen molar-refractivity contribution in [3.8, 4) is 5.75 Å². The molecular weight excluding hydrogens is 354 g/mol. The van der Waals surface area contributed by atoms with Crippen LogP contribution >= 0.6 is 39.3 Å². The van der Waals surface area contributed by atoms with Gasteiger partial charge in [0.05, 0.1) is 14.4 Å². The van der Waals surface area contributed by atoms with Gasteiger partial charge < -0.3 is 5.11 Å². The van der Waals surface area contributed by atoms with Gasteiger partial charge in [-0.05, 0) is 58.4 Å². The fourth-order valence-corrected chi connectivity index (χ4v) is 3.32. The average molecular weight is 363 g/mol. The first kappa shape index (κ1) is 14.4. The van der Waals surface area contributed by atoms with E-state index >= 15 is 0 Å². The van der Waals surface area contributed by atoms with E-state index < -0.39 is 0 Å². The van der Waals surface area contributed by atoms with Gasteiger partial charge in [-0.1, -0.05) is 11.6 Å². The molecule has 1 aliphatic rings. The van der Waals surface area contributed by atoms with Crippen LogP contribution < -0.4 is 0 Å². The Morgan fingerprint density at radius 2 is 2.16 bits per heavy atom. The molecule has 1 aliphatic heterocycles. The van der Waals surface area contributed by atoms with Crippen molar-refractivity contribution in [3.63, 3.8) is 0 Å². The molecule has 1 heterocycles. The molecule has 1 N–H and O–H groups in total. The summed E-state index contributed by atoms with van der Waals surface area (Å²) in [5.74, 6) is -0.363. The molecule has 0 saturated carbocycles. The van der Waals surface area contributed by atoms with Gasteiger partial charge in [0, 0.05) is 6.54 Å². The van der Waals surface area contributed by atoms with Gasteiger partial charge in [-0.3, -0.25) is 14.5 Å². The van der Waals surface area contributed by atoms with E-state index in [2.05, 4.69) is 15.9 Å². The van der Waals surface area contributed by atoms with E-state index in [1.165, 1.54) is 11.0 Å². The molecule has 1 aromatic rings. The van der Waals surface area contributed by atoms with Crippen molar-refractivity contribution in [1.82, 2.24) is 4.90 Å². The summed E-state index contributed by atoms with van der Waals surface area (Å²) in [4.78, 5) is 25.0. The number of carbonyl (C=O) groups excluding carboxylic acids is 2. The van der Waals surface area contributed by atoms with E-state index in [0.29, 0.717) is 21.5 Å². The Morgan fingerprint density at radius 3 is 2.68 bits per heavy atom. The molecule has 0 spiro atoms. The number of carbonyl (C=O) groups is 2. The zero-order chi connectivity index (χ0) is 14.2. The number of imide groups is 1. The molecule has 2 rings (SSSR count). The van der Waals surface area contributed by atoms with Crippen LogP contribution in [0.15, 0.2) is 21.5 Å². The fraction of sp³-hybridized carbons (Fsp3) is 0.167. The summed E-state index contributed by atoms with van der Waals surface area (Å²) < 4.78 is 0.431. The summed E-state index contributed by atoms with van der Waals surface area (Å²) in [5.41, 5.74) is 0.635. The van der Waals surface area contributed by atoms with Crippen LogP contribution in [0, 0.1) is 0 Å². The van der Waals surface area contributed by atoms with Crippen LogP contribution in [0.4, 0.5) is 4.79 Å². The van der Waals surface area contributed by atoms with Gasteiger partial charge in [0.1, 0.15) is 5.75 Å². The van der Waals surface area contributed by atoms with Gasteiger partial charge in [-0.2, -0.15) is 0 Å². The number of phenols is 1. The Bertz CT molecular complexity index is 580. The second-order valence-electron chi connectivity index (χ2n) is 3.76. The van der Waals surface area contributed by atoms with Crippen molar-refractivity contribution in [1.29, 1.82) is 0 Å². The topological polar surface area (TPSA) is 57.6 Å². The highest BCUT2D eigenvalue weighted by Gasteiger charge is 2.33. The minimum Gasteiger partial charge on any atom is -0.505 e. The predicted octanol–water partition coefficient (Wildman–Crippen LogP) is 3.86. The number of likely N-dealkylation sites (N-methyl/N-ethyl adjacent to an activating group) is 1. The molecule has 1 saturated heterocycles. The van der Waals surface area contributed by atoms with Crippen LogP contribution in [-0.4, -0.2) is 27.7 Å². The summed E-state index contributed by atoms with van der Waals surface area (Å²) in [5, 5.41) is 9.43. The molecule has 2 amide bonds. The summed E-state index contributed by atoms with van der Waals surface area (Å²) in [7, 11) is 0. The van der Waals surface area contributed by atoms with E-state index in [1.54, 1.807) is 19.1 Å². The summed E-state index contributed by atoms with van der Waals surface area (Å²) in [6, 6.07) is 3.16. The first-order chi connectivity index (χ1) is 8.93. The van der Waals surface area contributed by atoms with E-state index in [4.69, 9.17) is 11.6 Å². The first-order valence-corrected chi connectivity index (χ1v) is 7.36. The molecule has 0 aliphatic carbocycles. The number of halogens is 2. The number of aromatic hydroxyl groups is 1. The molecule has 0 unspecified atom stereocenters. The van der Waals surface area contributed by atoms with Crippen LogP contribution in [0.25, 0.3) is 6.08 Å². The van der Waals surface area contributed by atoms with Gasteiger partial charge in [0.15, 0.2) is 0 Å². The van der Waals surface area contributed by atoms with Crippen LogP contribution in [0.5, 0.6) is 5.75 Å². The molecule has 1 aromatic carbocycles. The van der Waals surface area contributed by atoms with Gasteiger partial charge >= 0.3 is 0 Å². The minimum atomic E-state index is -0.308. The Morgan fingerprint density at radius 1 is 1.47 bits per heavy atom. The van der Waals surface area contributed by atoms with Crippen molar-refractivity contribution in [2.24, 2.45) is 0 Å². The molecular formula is C12H9BrClNO3S. The van der Waals surface area contributed by atoms with E-state index in [-0.39, 0.29) is 21.9 Å². The van der Waals surface area contributed by atoms with Crippen molar-refractivity contribution in [2.45, 2.75) is 6.92 Å². The smallest absolute Gasteiger partial charge is 0.293 e. The van der Waals surface area contributed by atoms with Gasteiger partial charge in [0.25, 0.3) is 11.1 Å². The molecule has 0 atom stereocenters. The molecule has 0 bridgehead atoms. The van der Waals surface area contributed by atoms with Crippen LogP contribution in [-0.2, 0) is 4.79 Å². The van der Waals surface area contributed by atoms with Crippen molar-refractivity contribution in [3.05, 3.63) is 32.1 Å². The lowest BCUT2D eigenvalue weighted by Gasteiger charge is -2.07. The molecule has 0 radical (unpaired) electrons. The molecule has 0 aromatic heterocycles. The lowest BCUT2D eigenvalue weighted by atomic mass is 10.2. The Balaban J connectivity index is 2.38. The normalized spacial score (nSPS) is 17.6. The maximum atomic E-state index is 11.9. The van der Waals surface area contributed by atoms with Crippen molar-refractivity contribution < 1.29 is 14.7 Å². The van der Waals surface area contributed by atoms with Crippen LogP contribution in [0.1, 0.15) is 12.5 Å². The third-order valence-corrected chi connectivity index (χ3v) is 4.33. The third kappa shape index (κ3) is 2.80. The Hall–Kier alpha value is -0.980. The molecule has 100 valence electrons. The number of rotatable bonds is 2. The second kappa shape index (κ2) is 5.56. The molecule has 1 fully saturated rings. The van der Waals surface area contributed by atoms with Crippen molar-refractivity contribution >= 4 is 56.5 Å². The Labute approximate surface area is 127 Å². The third-order valence-electron chi connectivity index (χ3n) is 2.53. The molecule has 7 heteroatoms. The highest BCUT2D eigenvalue weighted by atomic mass is 79.9.